The Morgan fingerprint density at radius 3 is 2.74 bits per heavy atom. The number of aryl methyl sites for hydroxylation is 1. The van der Waals surface area contributed by atoms with Gasteiger partial charge in [-0.3, -0.25) is 4.99 Å². The van der Waals surface area contributed by atoms with Gasteiger partial charge in [0.25, 0.3) is 0 Å². The van der Waals surface area contributed by atoms with Crippen molar-refractivity contribution in [3.8, 4) is 5.75 Å². The standard InChI is InChI=1S/C17H19NO/c1-3-11-19-16-9-6-8-15(12-16)13-18-17-10-5-4-7-14(17)2/h4-10,12-13H,3,11H2,1-2H3. The van der Waals surface area contributed by atoms with Gasteiger partial charge in [-0.15, -0.1) is 0 Å². The van der Waals surface area contributed by atoms with E-state index in [1.807, 2.05) is 48.7 Å². The molecule has 0 saturated carbocycles. The van der Waals surface area contributed by atoms with Gasteiger partial charge in [0.05, 0.1) is 12.3 Å². The summed E-state index contributed by atoms with van der Waals surface area (Å²) in [5.41, 5.74) is 3.23. The zero-order valence-corrected chi connectivity index (χ0v) is 11.5. The fraction of sp³-hybridized carbons (Fsp3) is 0.235. The van der Waals surface area contributed by atoms with Crippen LogP contribution in [0, 0.1) is 6.92 Å². The molecule has 0 radical (unpaired) electrons. The van der Waals surface area contributed by atoms with Gasteiger partial charge in [0.15, 0.2) is 0 Å². The number of hydrogen-bond donors (Lipinski definition) is 0. The first kappa shape index (κ1) is 13.3. The predicted octanol–water partition coefficient (Wildman–Crippen LogP) is 4.53. The Kier molecular flexibility index (Phi) is 4.73. The van der Waals surface area contributed by atoms with Crippen LogP contribution in [0.5, 0.6) is 5.75 Å². The summed E-state index contributed by atoms with van der Waals surface area (Å²) in [6.45, 7) is 4.91. The van der Waals surface area contributed by atoms with Crippen molar-refractivity contribution in [1.29, 1.82) is 0 Å². The molecule has 98 valence electrons. The largest absolute Gasteiger partial charge is 0.494 e. The molecule has 0 saturated heterocycles. The number of benzene rings is 2. The molecule has 2 aromatic rings. The Morgan fingerprint density at radius 1 is 1.11 bits per heavy atom. The maximum atomic E-state index is 5.61. The molecule has 2 heteroatoms. The molecule has 2 nitrogen and oxygen atoms in total. The molecular formula is C17H19NO. The number of ether oxygens (including phenoxy) is 1. The summed E-state index contributed by atoms with van der Waals surface area (Å²) in [6, 6.07) is 16.1. The van der Waals surface area contributed by atoms with Crippen LogP contribution in [0.4, 0.5) is 5.69 Å². The van der Waals surface area contributed by atoms with E-state index in [9.17, 15) is 0 Å². The number of rotatable bonds is 5. The Labute approximate surface area is 114 Å². The van der Waals surface area contributed by atoms with Crippen LogP contribution in [0.25, 0.3) is 0 Å². The van der Waals surface area contributed by atoms with Gasteiger partial charge in [0.1, 0.15) is 5.75 Å². The van der Waals surface area contributed by atoms with E-state index in [4.69, 9.17) is 4.74 Å². The molecule has 0 aliphatic heterocycles. The highest BCUT2D eigenvalue weighted by Crippen LogP contribution is 2.18. The van der Waals surface area contributed by atoms with Crippen LogP contribution >= 0.6 is 0 Å². The summed E-state index contributed by atoms with van der Waals surface area (Å²) >= 11 is 0. The maximum Gasteiger partial charge on any atom is 0.119 e. The third-order valence-electron chi connectivity index (χ3n) is 2.80. The van der Waals surface area contributed by atoms with Crippen molar-refractivity contribution >= 4 is 11.9 Å². The zero-order valence-electron chi connectivity index (χ0n) is 11.5. The first-order valence-electron chi connectivity index (χ1n) is 6.62. The van der Waals surface area contributed by atoms with E-state index < -0.39 is 0 Å². The first-order chi connectivity index (χ1) is 9.29. The predicted molar refractivity (Wildman–Crippen MR) is 80.7 cm³/mol. The van der Waals surface area contributed by atoms with Crippen LogP contribution < -0.4 is 4.74 Å². The lowest BCUT2D eigenvalue weighted by molar-refractivity contribution is 0.317. The quantitative estimate of drug-likeness (QED) is 0.717. The van der Waals surface area contributed by atoms with Crippen molar-refractivity contribution in [2.24, 2.45) is 4.99 Å². The Morgan fingerprint density at radius 2 is 1.95 bits per heavy atom. The van der Waals surface area contributed by atoms with E-state index in [2.05, 4.69) is 24.9 Å². The summed E-state index contributed by atoms with van der Waals surface area (Å²) < 4.78 is 5.61. The molecule has 2 rings (SSSR count). The summed E-state index contributed by atoms with van der Waals surface area (Å²) in [5.74, 6) is 0.899. The third kappa shape index (κ3) is 3.95. The second-order valence-electron chi connectivity index (χ2n) is 4.47. The van der Waals surface area contributed by atoms with E-state index in [0.717, 1.165) is 30.0 Å². The van der Waals surface area contributed by atoms with Crippen molar-refractivity contribution in [2.75, 3.05) is 6.61 Å². The van der Waals surface area contributed by atoms with Gasteiger partial charge in [0.2, 0.25) is 0 Å². The lowest BCUT2D eigenvalue weighted by Gasteiger charge is -2.04. The van der Waals surface area contributed by atoms with Crippen LogP contribution in [-0.2, 0) is 0 Å². The van der Waals surface area contributed by atoms with Crippen LogP contribution in [0.15, 0.2) is 53.5 Å². The molecule has 19 heavy (non-hydrogen) atoms. The molecule has 0 aliphatic carbocycles. The Balaban J connectivity index is 2.12. The van der Waals surface area contributed by atoms with Crippen molar-refractivity contribution in [1.82, 2.24) is 0 Å². The summed E-state index contributed by atoms with van der Waals surface area (Å²) in [6.07, 6.45) is 2.89. The molecule has 0 N–H and O–H groups in total. The SMILES string of the molecule is CCCOc1cccc(C=Nc2ccccc2C)c1. The van der Waals surface area contributed by atoms with Gasteiger partial charge in [0, 0.05) is 6.21 Å². The van der Waals surface area contributed by atoms with Gasteiger partial charge >= 0.3 is 0 Å². The van der Waals surface area contributed by atoms with Crippen LogP contribution in [0.1, 0.15) is 24.5 Å². The molecular weight excluding hydrogens is 234 g/mol. The molecule has 0 bridgehead atoms. The van der Waals surface area contributed by atoms with E-state index in [1.54, 1.807) is 0 Å². The van der Waals surface area contributed by atoms with Crippen LogP contribution in [0.3, 0.4) is 0 Å². The fourth-order valence-electron chi connectivity index (χ4n) is 1.76. The average Bonchev–Trinajstić information content (AvgIpc) is 2.45. The van der Waals surface area contributed by atoms with E-state index >= 15 is 0 Å². The van der Waals surface area contributed by atoms with Crippen molar-refractivity contribution in [3.63, 3.8) is 0 Å². The zero-order chi connectivity index (χ0) is 13.5. The molecule has 2 aromatic carbocycles. The minimum atomic E-state index is 0.748. The number of nitrogens with zero attached hydrogens (tertiary/aromatic N) is 1. The number of para-hydroxylation sites is 1. The molecule has 0 aliphatic rings. The van der Waals surface area contributed by atoms with Gasteiger partial charge in [-0.25, -0.2) is 0 Å². The second kappa shape index (κ2) is 6.74. The van der Waals surface area contributed by atoms with Crippen molar-refractivity contribution in [2.45, 2.75) is 20.3 Å². The topological polar surface area (TPSA) is 21.6 Å². The van der Waals surface area contributed by atoms with Crippen LogP contribution in [0.2, 0.25) is 0 Å². The Bertz CT molecular complexity index is 561. The lowest BCUT2D eigenvalue weighted by atomic mass is 10.2. The van der Waals surface area contributed by atoms with Gasteiger partial charge in [-0.05, 0) is 42.7 Å². The third-order valence-corrected chi connectivity index (χ3v) is 2.80. The van der Waals surface area contributed by atoms with E-state index in [-0.39, 0.29) is 0 Å². The monoisotopic (exact) mass is 253 g/mol. The molecule has 0 aromatic heterocycles. The average molecular weight is 253 g/mol. The van der Waals surface area contributed by atoms with E-state index in [0.29, 0.717) is 0 Å². The second-order valence-corrected chi connectivity index (χ2v) is 4.47. The normalized spacial score (nSPS) is 10.8. The van der Waals surface area contributed by atoms with Crippen molar-refractivity contribution in [3.05, 3.63) is 59.7 Å². The summed E-state index contributed by atoms with van der Waals surface area (Å²) in [5, 5.41) is 0. The highest BCUT2D eigenvalue weighted by molar-refractivity contribution is 5.82. The summed E-state index contributed by atoms with van der Waals surface area (Å²) in [7, 11) is 0. The molecule has 0 unspecified atom stereocenters. The highest BCUT2D eigenvalue weighted by atomic mass is 16.5. The van der Waals surface area contributed by atoms with Crippen LogP contribution in [-0.4, -0.2) is 12.8 Å². The first-order valence-corrected chi connectivity index (χ1v) is 6.62. The minimum Gasteiger partial charge on any atom is -0.494 e. The van der Waals surface area contributed by atoms with Gasteiger partial charge in [-0.2, -0.15) is 0 Å². The molecule has 0 fully saturated rings. The highest BCUT2D eigenvalue weighted by Gasteiger charge is 1.96. The van der Waals surface area contributed by atoms with Gasteiger partial charge in [-0.1, -0.05) is 37.3 Å². The molecule has 0 spiro atoms. The number of hydrogen-bond acceptors (Lipinski definition) is 2. The molecule has 0 amide bonds. The lowest BCUT2D eigenvalue weighted by Crippen LogP contribution is -1.95. The minimum absolute atomic E-state index is 0.748. The maximum absolute atomic E-state index is 5.61. The molecule has 0 heterocycles. The fourth-order valence-corrected chi connectivity index (χ4v) is 1.76. The number of aliphatic imine (C=N–C) groups is 1. The van der Waals surface area contributed by atoms with Crippen molar-refractivity contribution < 1.29 is 4.74 Å². The summed E-state index contributed by atoms with van der Waals surface area (Å²) in [4.78, 5) is 4.52. The molecule has 0 atom stereocenters. The van der Waals surface area contributed by atoms with E-state index in [1.165, 1.54) is 5.56 Å². The Hall–Kier alpha value is -2.09. The smallest absolute Gasteiger partial charge is 0.119 e. The van der Waals surface area contributed by atoms with Gasteiger partial charge < -0.3 is 4.74 Å².